The number of hydrogen-bond donors (Lipinski definition) is 1. The number of hydrogen-bond acceptors (Lipinski definition) is 6. The van der Waals surface area contributed by atoms with Gasteiger partial charge in [-0.25, -0.2) is 14.8 Å². The quantitative estimate of drug-likeness (QED) is 0.572. The third-order valence-electron chi connectivity index (χ3n) is 5.19. The molecular weight excluding hydrogens is 472 g/mol. The number of anilines is 1. The number of amides is 1. The number of ether oxygens (including phenoxy) is 1. The molecule has 8 nitrogen and oxygen atoms in total. The highest BCUT2D eigenvalue weighted by Crippen LogP contribution is 2.32. The van der Waals surface area contributed by atoms with E-state index in [1.807, 2.05) is 43.5 Å². The van der Waals surface area contributed by atoms with Crippen molar-refractivity contribution in [3.05, 3.63) is 46.8 Å². The third kappa shape index (κ3) is 4.70. The van der Waals surface area contributed by atoms with Crippen molar-refractivity contribution in [3.63, 3.8) is 0 Å². The number of nitrogens with zero attached hydrogens (tertiary/aromatic N) is 5. The fraction of sp³-hybridized carbons (Fsp3) is 0.391. The number of nitrogens with one attached hydrogen (secondary N) is 1. The summed E-state index contributed by atoms with van der Waals surface area (Å²) in [5.74, 6) is 0.767. The van der Waals surface area contributed by atoms with Crippen molar-refractivity contribution in [1.29, 1.82) is 5.26 Å². The Morgan fingerprint density at radius 3 is 2.75 bits per heavy atom. The average molecular weight is 497 g/mol. The van der Waals surface area contributed by atoms with Crippen molar-refractivity contribution in [3.8, 4) is 17.3 Å². The van der Waals surface area contributed by atoms with Crippen molar-refractivity contribution in [1.82, 2.24) is 19.7 Å². The average Bonchev–Trinajstić information content (AvgIpc) is 3.09. The Morgan fingerprint density at radius 1 is 1.31 bits per heavy atom. The predicted molar refractivity (Wildman–Crippen MR) is 125 cm³/mol. The summed E-state index contributed by atoms with van der Waals surface area (Å²) >= 11 is 3.67. The summed E-state index contributed by atoms with van der Waals surface area (Å²) in [6.07, 6.45) is 5.02. The van der Waals surface area contributed by atoms with Gasteiger partial charge in [0.25, 0.3) is 0 Å². The predicted octanol–water partition coefficient (Wildman–Crippen LogP) is 4.52. The van der Waals surface area contributed by atoms with Crippen LogP contribution in [0.2, 0.25) is 0 Å². The molecule has 0 radical (unpaired) electrons. The number of carbonyl (C=O) groups excluding carboxylic acids is 1. The number of benzene rings is 1. The van der Waals surface area contributed by atoms with Gasteiger partial charge in [0.15, 0.2) is 11.5 Å². The van der Waals surface area contributed by atoms with Crippen LogP contribution in [0, 0.1) is 11.3 Å². The number of rotatable bonds is 3. The SMILES string of the molecule is CC(C)(C)OC(=O)N[C@@H]1CCCN(c2nccn3c(Br)c(-c4ccc(C#N)cc4)nc23)C1. The molecule has 0 aliphatic carbocycles. The van der Waals surface area contributed by atoms with Crippen molar-refractivity contribution in [2.75, 3.05) is 18.0 Å². The van der Waals surface area contributed by atoms with Gasteiger partial charge in [-0.1, -0.05) is 12.1 Å². The monoisotopic (exact) mass is 496 g/mol. The van der Waals surface area contributed by atoms with Gasteiger partial charge in [0, 0.05) is 37.1 Å². The van der Waals surface area contributed by atoms with Crippen LogP contribution in [-0.2, 0) is 4.74 Å². The Morgan fingerprint density at radius 2 is 2.06 bits per heavy atom. The van der Waals surface area contributed by atoms with Crippen LogP contribution in [0.25, 0.3) is 16.9 Å². The molecule has 0 unspecified atom stereocenters. The van der Waals surface area contributed by atoms with Crippen molar-refractivity contribution < 1.29 is 9.53 Å². The maximum absolute atomic E-state index is 12.2. The van der Waals surface area contributed by atoms with Gasteiger partial charge >= 0.3 is 6.09 Å². The van der Waals surface area contributed by atoms with E-state index >= 15 is 0 Å². The fourth-order valence-electron chi connectivity index (χ4n) is 3.81. The Bertz CT molecular complexity index is 1180. The van der Waals surface area contributed by atoms with Gasteiger partial charge in [0.05, 0.1) is 11.6 Å². The first-order chi connectivity index (χ1) is 15.2. The van der Waals surface area contributed by atoms with Gasteiger partial charge in [-0.15, -0.1) is 0 Å². The first kappa shape index (κ1) is 22.1. The lowest BCUT2D eigenvalue weighted by Crippen LogP contribution is -2.49. The Hall–Kier alpha value is -3.12. The maximum Gasteiger partial charge on any atom is 0.407 e. The summed E-state index contributed by atoms with van der Waals surface area (Å²) in [5.41, 5.74) is 2.50. The molecule has 1 atom stereocenters. The molecule has 1 fully saturated rings. The molecule has 4 rings (SSSR count). The van der Waals surface area contributed by atoms with Crippen LogP contribution in [0.5, 0.6) is 0 Å². The van der Waals surface area contributed by atoms with Crippen molar-refractivity contribution in [2.45, 2.75) is 45.3 Å². The maximum atomic E-state index is 12.2. The van der Waals surface area contributed by atoms with Crippen LogP contribution in [0.15, 0.2) is 41.3 Å². The highest BCUT2D eigenvalue weighted by atomic mass is 79.9. The lowest BCUT2D eigenvalue weighted by molar-refractivity contribution is 0.0500. The molecule has 1 saturated heterocycles. The molecule has 1 amide bonds. The summed E-state index contributed by atoms with van der Waals surface area (Å²) in [5, 5.41) is 12.0. The number of piperidine rings is 1. The molecule has 9 heteroatoms. The van der Waals surface area contributed by atoms with Gasteiger partial charge in [-0.2, -0.15) is 5.26 Å². The van der Waals surface area contributed by atoms with Gasteiger partial charge < -0.3 is 15.0 Å². The minimum atomic E-state index is -0.532. The molecular formula is C23H25BrN6O2. The van der Waals surface area contributed by atoms with Crippen LogP contribution in [0.1, 0.15) is 39.2 Å². The summed E-state index contributed by atoms with van der Waals surface area (Å²) in [7, 11) is 0. The van der Waals surface area contributed by atoms with E-state index in [9.17, 15) is 4.79 Å². The molecule has 1 aromatic carbocycles. The molecule has 1 aliphatic rings. The zero-order chi connectivity index (χ0) is 22.9. The zero-order valence-corrected chi connectivity index (χ0v) is 19.9. The van der Waals surface area contributed by atoms with Crippen molar-refractivity contribution >= 4 is 33.5 Å². The Labute approximate surface area is 195 Å². The van der Waals surface area contributed by atoms with Crippen LogP contribution in [0.3, 0.4) is 0 Å². The minimum Gasteiger partial charge on any atom is -0.444 e. The van der Waals surface area contributed by atoms with Crippen LogP contribution in [0.4, 0.5) is 10.6 Å². The molecule has 0 spiro atoms. The number of halogens is 1. The lowest BCUT2D eigenvalue weighted by atomic mass is 10.1. The highest BCUT2D eigenvalue weighted by molar-refractivity contribution is 9.10. The summed E-state index contributed by atoms with van der Waals surface area (Å²) < 4.78 is 8.19. The zero-order valence-electron chi connectivity index (χ0n) is 18.3. The van der Waals surface area contributed by atoms with Gasteiger partial charge in [0.2, 0.25) is 0 Å². The second-order valence-corrected chi connectivity index (χ2v) is 9.57. The number of imidazole rings is 1. The van der Waals surface area contributed by atoms with Crippen LogP contribution < -0.4 is 10.2 Å². The number of carbonyl (C=O) groups is 1. The summed E-state index contributed by atoms with van der Waals surface area (Å²) in [6, 6.07) is 9.44. The van der Waals surface area contributed by atoms with E-state index in [1.54, 1.807) is 18.3 Å². The van der Waals surface area contributed by atoms with Gasteiger partial charge in [-0.3, -0.25) is 4.40 Å². The normalized spacial score (nSPS) is 16.6. The number of fused-ring (bicyclic) bond motifs is 1. The summed E-state index contributed by atoms with van der Waals surface area (Å²) in [4.78, 5) is 23.9. The molecule has 3 heterocycles. The minimum absolute atomic E-state index is 0.0305. The van der Waals surface area contributed by atoms with E-state index in [2.05, 4.69) is 37.2 Å². The topological polar surface area (TPSA) is 95.5 Å². The molecule has 1 aliphatic heterocycles. The second-order valence-electron chi connectivity index (χ2n) is 8.82. The third-order valence-corrected chi connectivity index (χ3v) is 5.95. The highest BCUT2D eigenvalue weighted by Gasteiger charge is 2.27. The van der Waals surface area contributed by atoms with Gasteiger partial charge in [-0.05, 0) is 61.7 Å². The lowest BCUT2D eigenvalue weighted by Gasteiger charge is -2.34. The molecule has 32 heavy (non-hydrogen) atoms. The van der Waals surface area contributed by atoms with Crippen LogP contribution >= 0.6 is 15.9 Å². The molecule has 0 bridgehead atoms. The Kier molecular flexibility index (Phi) is 6.07. The Balaban J connectivity index is 1.60. The number of aromatic nitrogens is 3. The molecule has 1 N–H and O–H groups in total. The van der Waals surface area contributed by atoms with E-state index in [1.165, 1.54) is 0 Å². The van der Waals surface area contributed by atoms with Crippen LogP contribution in [-0.4, -0.2) is 45.2 Å². The largest absolute Gasteiger partial charge is 0.444 e. The number of alkyl carbamates (subject to hydrolysis) is 1. The molecule has 2 aromatic heterocycles. The molecule has 0 saturated carbocycles. The van der Waals surface area contributed by atoms with Gasteiger partial charge in [0.1, 0.15) is 15.9 Å². The van der Waals surface area contributed by atoms with E-state index < -0.39 is 11.7 Å². The molecule has 3 aromatic rings. The van der Waals surface area contributed by atoms with Crippen molar-refractivity contribution in [2.24, 2.45) is 0 Å². The molecule has 166 valence electrons. The van der Waals surface area contributed by atoms with E-state index in [-0.39, 0.29) is 6.04 Å². The fourth-order valence-corrected chi connectivity index (χ4v) is 4.41. The first-order valence-corrected chi connectivity index (χ1v) is 11.3. The summed E-state index contributed by atoms with van der Waals surface area (Å²) in [6.45, 7) is 7.02. The standard InChI is InChI=1S/C23H25BrN6O2/c1-23(2,3)32-22(31)27-17-5-4-11-29(14-17)20-21-28-18(19(24)30(21)12-10-26-20)16-8-6-15(13-25)7-9-16/h6-10,12,17H,4-5,11,14H2,1-3H3,(H,27,31)/t17-/m1/s1. The second kappa shape index (κ2) is 8.79. The van der Waals surface area contributed by atoms with E-state index in [4.69, 9.17) is 15.0 Å². The number of nitriles is 1. The smallest absolute Gasteiger partial charge is 0.407 e. The van der Waals surface area contributed by atoms with E-state index in [0.717, 1.165) is 46.7 Å². The van der Waals surface area contributed by atoms with E-state index in [0.29, 0.717) is 12.1 Å². The first-order valence-electron chi connectivity index (χ1n) is 10.5.